The molecule has 3 unspecified atom stereocenters. The number of piperidine rings is 3. The molecular formula is C45H56N8O7. The molecule has 10 rings (SSSR count). The maximum atomic E-state index is 13.3. The molecule has 6 heterocycles. The van der Waals surface area contributed by atoms with E-state index < -0.39 is 18.2 Å². The zero-order valence-electron chi connectivity index (χ0n) is 34.6. The number of fused-ring (bicyclic) bond motifs is 1. The highest BCUT2D eigenvalue weighted by Crippen LogP contribution is 2.43. The lowest BCUT2D eigenvalue weighted by atomic mass is 9.82. The van der Waals surface area contributed by atoms with Crippen LogP contribution in [0.5, 0.6) is 5.75 Å². The Balaban J connectivity index is 0.660. The SMILES string of the molecule is CC1(Oc2ccc3[nH]nc(-c4cc(N5CCC(OC6CCC(OC7CCN(C8(C)C=CC9=C(C8)C(O)N(C8CCC(=O)NC8=O)C9=O)CC7)CC6)CC5)ncn4)c3c2)CC1. The lowest BCUT2D eigenvalue weighted by molar-refractivity contribution is -0.149. The van der Waals surface area contributed by atoms with Gasteiger partial charge in [0.1, 0.15) is 35.2 Å². The quantitative estimate of drug-likeness (QED) is 0.241. The lowest BCUT2D eigenvalue weighted by Gasteiger charge is -2.45. The van der Waals surface area contributed by atoms with E-state index in [1.165, 1.54) is 4.90 Å². The molecule has 3 atom stereocenters. The Hall–Kier alpha value is -4.70. The molecule has 0 spiro atoms. The zero-order valence-corrected chi connectivity index (χ0v) is 34.6. The van der Waals surface area contributed by atoms with Crippen LogP contribution in [0, 0.1) is 0 Å². The number of anilines is 1. The summed E-state index contributed by atoms with van der Waals surface area (Å²) in [4.78, 5) is 52.8. The number of aliphatic hydroxyl groups is 1. The number of hydrogen-bond donors (Lipinski definition) is 3. The van der Waals surface area contributed by atoms with Crippen molar-refractivity contribution in [3.63, 3.8) is 0 Å². The number of rotatable bonds is 10. The summed E-state index contributed by atoms with van der Waals surface area (Å²) in [7, 11) is 0. The molecule has 4 aliphatic heterocycles. The van der Waals surface area contributed by atoms with E-state index in [0.29, 0.717) is 17.6 Å². The van der Waals surface area contributed by atoms with Crippen LogP contribution in [0.4, 0.5) is 5.82 Å². The highest BCUT2D eigenvalue weighted by molar-refractivity contribution is 6.06. The van der Waals surface area contributed by atoms with Crippen molar-refractivity contribution >= 4 is 34.4 Å². The predicted octanol–water partition coefficient (Wildman–Crippen LogP) is 4.71. The molecule has 5 fully saturated rings. The lowest BCUT2D eigenvalue weighted by Crippen LogP contribution is -2.56. The van der Waals surface area contributed by atoms with Crippen LogP contribution in [-0.2, 0) is 23.9 Å². The van der Waals surface area contributed by atoms with Crippen LogP contribution in [0.15, 0.2) is 53.9 Å². The molecule has 7 aliphatic rings. The minimum Gasteiger partial charge on any atom is -0.488 e. The van der Waals surface area contributed by atoms with Gasteiger partial charge in [0.2, 0.25) is 11.8 Å². The van der Waals surface area contributed by atoms with Gasteiger partial charge in [-0.2, -0.15) is 5.10 Å². The largest absolute Gasteiger partial charge is 0.488 e. The minimum atomic E-state index is -1.17. The van der Waals surface area contributed by atoms with Crippen molar-refractivity contribution < 1.29 is 33.7 Å². The van der Waals surface area contributed by atoms with Crippen molar-refractivity contribution in [1.29, 1.82) is 0 Å². The molecule has 3 amide bonds. The van der Waals surface area contributed by atoms with Crippen LogP contribution in [-0.4, -0.2) is 127 Å². The number of nitrogens with zero attached hydrogens (tertiary/aromatic N) is 6. The summed E-state index contributed by atoms with van der Waals surface area (Å²) in [5.41, 5.74) is 3.26. The number of likely N-dealkylation sites (tertiary alicyclic amines) is 1. The summed E-state index contributed by atoms with van der Waals surface area (Å²) >= 11 is 0. The van der Waals surface area contributed by atoms with E-state index >= 15 is 0 Å². The number of aliphatic hydroxyl groups excluding tert-OH is 1. The van der Waals surface area contributed by atoms with Gasteiger partial charge >= 0.3 is 0 Å². The van der Waals surface area contributed by atoms with Crippen molar-refractivity contribution in [2.45, 2.75) is 145 Å². The molecule has 3 aromatic rings. The van der Waals surface area contributed by atoms with Gasteiger partial charge in [0.15, 0.2) is 6.23 Å². The third-order valence-corrected chi connectivity index (χ3v) is 14.2. The average molecular weight is 821 g/mol. The molecule has 1 aromatic carbocycles. The Bertz CT molecular complexity index is 2210. The van der Waals surface area contributed by atoms with Crippen LogP contribution in [0.1, 0.15) is 97.3 Å². The molecule has 3 saturated heterocycles. The fourth-order valence-electron chi connectivity index (χ4n) is 10.3. The first kappa shape index (κ1) is 39.4. The van der Waals surface area contributed by atoms with Crippen molar-refractivity contribution in [3.05, 3.63) is 53.9 Å². The van der Waals surface area contributed by atoms with Gasteiger partial charge in [-0.15, -0.1) is 0 Å². The first-order chi connectivity index (χ1) is 29.0. The van der Waals surface area contributed by atoms with E-state index in [-0.39, 0.29) is 60.2 Å². The van der Waals surface area contributed by atoms with E-state index in [2.05, 4.69) is 61.3 Å². The van der Waals surface area contributed by atoms with Crippen LogP contribution in [0.25, 0.3) is 22.3 Å². The molecule has 15 heteroatoms. The van der Waals surface area contributed by atoms with Gasteiger partial charge in [-0.25, -0.2) is 9.97 Å². The zero-order chi connectivity index (χ0) is 41.2. The first-order valence-electron chi connectivity index (χ1n) is 22.1. The third-order valence-electron chi connectivity index (χ3n) is 14.2. The highest BCUT2D eigenvalue weighted by Gasteiger charge is 2.49. The number of imide groups is 1. The molecule has 2 aromatic heterocycles. The molecular weight excluding hydrogens is 765 g/mol. The number of hydrogen-bond acceptors (Lipinski definition) is 12. The second-order valence-corrected chi connectivity index (χ2v) is 18.5. The molecule has 3 aliphatic carbocycles. The number of nitrogens with one attached hydrogen (secondary N) is 2. The number of benzene rings is 1. The number of ether oxygens (including phenoxy) is 3. The van der Waals surface area contributed by atoms with E-state index in [1.807, 2.05) is 24.3 Å². The number of aromatic nitrogens is 4. The Morgan fingerprint density at radius 1 is 0.833 bits per heavy atom. The molecule has 2 saturated carbocycles. The topological polar surface area (TPSA) is 175 Å². The van der Waals surface area contributed by atoms with Gasteiger partial charge in [0.05, 0.1) is 35.6 Å². The Kier molecular flexibility index (Phi) is 10.3. The fourth-order valence-corrected chi connectivity index (χ4v) is 10.3. The summed E-state index contributed by atoms with van der Waals surface area (Å²) < 4.78 is 19.6. The number of carbonyl (C=O) groups excluding carboxylic acids is 3. The second kappa shape index (κ2) is 15.6. The maximum Gasteiger partial charge on any atom is 0.256 e. The number of aromatic amines is 1. The second-order valence-electron chi connectivity index (χ2n) is 18.5. The Morgan fingerprint density at radius 2 is 1.52 bits per heavy atom. The molecule has 3 N–H and O–H groups in total. The van der Waals surface area contributed by atoms with Crippen LogP contribution < -0.4 is 15.0 Å². The summed E-state index contributed by atoms with van der Waals surface area (Å²) in [5, 5.41) is 22.4. The fraction of sp³-hybridized carbons (Fsp3) is 0.600. The highest BCUT2D eigenvalue weighted by atomic mass is 16.5. The van der Waals surface area contributed by atoms with E-state index in [0.717, 1.165) is 124 Å². The van der Waals surface area contributed by atoms with Gasteiger partial charge in [-0.05, 0) is 115 Å². The van der Waals surface area contributed by atoms with E-state index in [1.54, 1.807) is 6.33 Å². The van der Waals surface area contributed by atoms with Gasteiger partial charge < -0.3 is 24.2 Å². The van der Waals surface area contributed by atoms with Crippen LogP contribution in [0.2, 0.25) is 0 Å². The first-order valence-corrected chi connectivity index (χ1v) is 22.1. The molecule has 15 nitrogen and oxygen atoms in total. The summed E-state index contributed by atoms with van der Waals surface area (Å²) in [6.45, 7) is 7.78. The Labute approximate surface area is 349 Å². The van der Waals surface area contributed by atoms with Gasteiger partial charge in [0.25, 0.3) is 5.91 Å². The van der Waals surface area contributed by atoms with Crippen LogP contribution in [0.3, 0.4) is 0 Å². The summed E-state index contributed by atoms with van der Waals surface area (Å²) in [6, 6.07) is 7.28. The standard InChI is InChI=1S/C45H56N8O7/c1-44(16-11-32-34(25-44)43(57)53(42(32)56)37-9-10-39(54)48-41(37)55)52-21-14-30(15-22-52)59-28-5-3-27(4-6-28)58-29-12-19-51(20-13-29)38-24-36(46-26-47-38)40-33-23-31(60-45(2)17-18-45)7-8-35(33)49-50-40/h7-8,11,16,23-24,26-30,37,43,57H,3-6,9-10,12-15,17-22,25H2,1-2H3,(H,49,50)(H,48,54,55). The maximum absolute atomic E-state index is 13.3. The van der Waals surface area contributed by atoms with Crippen LogP contribution >= 0.6 is 0 Å². The van der Waals surface area contributed by atoms with Gasteiger partial charge in [-0.3, -0.25) is 34.6 Å². The minimum absolute atomic E-state index is 0.0506. The smallest absolute Gasteiger partial charge is 0.256 e. The van der Waals surface area contributed by atoms with Crippen molar-refractivity contribution in [3.8, 4) is 17.1 Å². The van der Waals surface area contributed by atoms with E-state index in [9.17, 15) is 19.5 Å². The summed E-state index contributed by atoms with van der Waals surface area (Å²) in [5.74, 6) is 0.549. The number of H-pyrrole nitrogens is 1. The monoisotopic (exact) mass is 820 g/mol. The summed E-state index contributed by atoms with van der Waals surface area (Å²) in [6.07, 6.45) is 16.2. The van der Waals surface area contributed by atoms with Gasteiger partial charge in [0, 0.05) is 55.2 Å². The van der Waals surface area contributed by atoms with Crippen molar-refractivity contribution in [2.75, 3.05) is 31.1 Å². The van der Waals surface area contributed by atoms with Crippen molar-refractivity contribution in [2.24, 2.45) is 0 Å². The molecule has 318 valence electrons. The predicted molar refractivity (Wildman–Crippen MR) is 222 cm³/mol. The molecule has 0 radical (unpaired) electrons. The Morgan fingerprint density at radius 3 is 2.20 bits per heavy atom. The molecule has 60 heavy (non-hydrogen) atoms. The van der Waals surface area contributed by atoms with Crippen molar-refractivity contribution in [1.82, 2.24) is 35.3 Å². The van der Waals surface area contributed by atoms with E-state index in [4.69, 9.17) is 14.2 Å². The number of carbonyl (C=O) groups is 3. The average Bonchev–Trinajstić information content (AvgIpc) is 3.74. The van der Waals surface area contributed by atoms with Gasteiger partial charge in [-0.1, -0.05) is 12.2 Å². The third kappa shape index (κ3) is 7.73. The molecule has 0 bridgehead atoms. The normalized spacial score (nSPS) is 30.3. The number of amides is 3.